The Balaban J connectivity index is 1.32. The number of hydrogen-bond acceptors (Lipinski definition) is 5. The molecule has 0 N–H and O–H groups in total. The SMILES string of the molecule is Cc1ccc(C(=O)N2CC3(C2)OCC[C@@H]3CCOc2ncccc2F)cn1. The van der Waals surface area contributed by atoms with Crippen LogP contribution >= 0.6 is 0 Å². The lowest BCUT2D eigenvalue weighted by atomic mass is 9.79. The molecule has 0 unspecified atom stereocenters. The molecule has 2 fully saturated rings. The van der Waals surface area contributed by atoms with E-state index in [2.05, 4.69) is 9.97 Å². The summed E-state index contributed by atoms with van der Waals surface area (Å²) in [4.78, 5) is 22.5. The third kappa shape index (κ3) is 3.51. The van der Waals surface area contributed by atoms with Crippen LogP contribution < -0.4 is 4.74 Å². The van der Waals surface area contributed by atoms with Crippen LogP contribution in [0.15, 0.2) is 36.7 Å². The Morgan fingerprint density at radius 1 is 1.37 bits per heavy atom. The van der Waals surface area contributed by atoms with Gasteiger partial charge in [0.05, 0.1) is 25.3 Å². The fourth-order valence-corrected chi connectivity index (χ4v) is 3.84. The minimum atomic E-state index is -0.456. The van der Waals surface area contributed by atoms with Crippen molar-refractivity contribution < 1.29 is 18.7 Å². The third-order valence-electron chi connectivity index (χ3n) is 5.39. The molecule has 2 aromatic rings. The number of likely N-dealkylation sites (tertiary alicyclic amines) is 1. The van der Waals surface area contributed by atoms with Crippen molar-refractivity contribution in [3.8, 4) is 5.88 Å². The number of halogens is 1. The topological polar surface area (TPSA) is 64.6 Å². The first-order valence-corrected chi connectivity index (χ1v) is 9.17. The number of nitrogens with zero attached hydrogens (tertiary/aromatic N) is 3. The minimum Gasteiger partial charge on any atom is -0.476 e. The largest absolute Gasteiger partial charge is 0.476 e. The van der Waals surface area contributed by atoms with E-state index < -0.39 is 5.82 Å². The molecule has 0 aliphatic carbocycles. The summed E-state index contributed by atoms with van der Waals surface area (Å²) in [6, 6.07) is 6.51. The molecule has 4 heterocycles. The number of aryl methyl sites for hydroxylation is 1. The number of carbonyl (C=O) groups excluding carboxylic acids is 1. The van der Waals surface area contributed by atoms with Gasteiger partial charge in [-0.1, -0.05) is 0 Å². The summed E-state index contributed by atoms with van der Waals surface area (Å²) in [5, 5.41) is 0. The number of hydrogen-bond donors (Lipinski definition) is 0. The number of rotatable bonds is 5. The Hall–Kier alpha value is -2.54. The smallest absolute Gasteiger partial charge is 0.255 e. The van der Waals surface area contributed by atoms with E-state index in [1.165, 1.54) is 18.3 Å². The second-order valence-electron chi connectivity index (χ2n) is 7.18. The van der Waals surface area contributed by atoms with Crippen molar-refractivity contribution in [2.45, 2.75) is 25.4 Å². The van der Waals surface area contributed by atoms with E-state index in [9.17, 15) is 9.18 Å². The van der Waals surface area contributed by atoms with Crippen LogP contribution in [0, 0.1) is 18.7 Å². The zero-order valence-corrected chi connectivity index (χ0v) is 15.2. The first-order valence-electron chi connectivity index (χ1n) is 9.17. The van der Waals surface area contributed by atoms with Gasteiger partial charge < -0.3 is 14.4 Å². The quantitative estimate of drug-likeness (QED) is 0.808. The number of amides is 1. The van der Waals surface area contributed by atoms with Gasteiger partial charge in [0.1, 0.15) is 5.60 Å². The predicted molar refractivity (Wildman–Crippen MR) is 96.0 cm³/mol. The van der Waals surface area contributed by atoms with Crippen LogP contribution in [0.3, 0.4) is 0 Å². The molecule has 1 spiro atoms. The van der Waals surface area contributed by atoms with E-state index in [4.69, 9.17) is 9.47 Å². The highest BCUT2D eigenvalue weighted by atomic mass is 19.1. The van der Waals surface area contributed by atoms with Gasteiger partial charge in [-0.3, -0.25) is 9.78 Å². The maximum atomic E-state index is 13.6. The molecule has 0 radical (unpaired) electrons. The molecule has 1 atom stereocenters. The molecule has 142 valence electrons. The number of carbonyl (C=O) groups is 1. The number of pyridine rings is 2. The van der Waals surface area contributed by atoms with E-state index in [0.717, 1.165) is 18.5 Å². The maximum Gasteiger partial charge on any atom is 0.255 e. The second-order valence-corrected chi connectivity index (χ2v) is 7.18. The van der Waals surface area contributed by atoms with Crippen LogP contribution in [0.4, 0.5) is 4.39 Å². The maximum absolute atomic E-state index is 13.6. The first kappa shape index (κ1) is 17.9. The average Bonchev–Trinajstić information content (AvgIpc) is 3.06. The molecular formula is C20H22FN3O3. The predicted octanol–water partition coefficient (Wildman–Crippen LogP) is 2.62. The molecule has 2 aliphatic rings. The van der Waals surface area contributed by atoms with Gasteiger partial charge in [-0.15, -0.1) is 0 Å². The summed E-state index contributed by atoms with van der Waals surface area (Å²) in [5.74, 6) is -0.164. The minimum absolute atomic E-state index is 0.0193. The Morgan fingerprint density at radius 3 is 2.96 bits per heavy atom. The number of aromatic nitrogens is 2. The highest BCUT2D eigenvalue weighted by Gasteiger charge is 2.54. The normalized spacial score (nSPS) is 20.5. The lowest BCUT2D eigenvalue weighted by Gasteiger charge is -2.50. The van der Waals surface area contributed by atoms with Crippen LogP contribution in [0.25, 0.3) is 0 Å². The van der Waals surface area contributed by atoms with Gasteiger partial charge in [-0.2, -0.15) is 0 Å². The van der Waals surface area contributed by atoms with Crippen molar-refractivity contribution in [3.05, 3.63) is 53.7 Å². The molecule has 0 saturated carbocycles. The van der Waals surface area contributed by atoms with E-state index in [0.29, 0.717) is 31.9 Å². The first-order chi connectivity index (χ1) is 13.1. The standard InChI is InChI=1S/C20H22FN3O3/c1-14-4-5-15(11-23-14)19(25)24-12-20(13-24)16(7-10-27-20)6-9-26-18-17(21)3-2-8-22-18/h2-5,8,11,16H,6-7,9-10,12-13H2,1H3/t16-/m0/s1. The zero-order valence-electron chi connectivity index (χ0n) is 15.2. The summed E-state index contributed by atoms with van der Waals surface area (Å²) in [6.45, 7) is 4.09. The van der Waals surface area contributed by atoms with Crippen LogP contribution in [-0.2, 0) is 4.74 Å². The van der Waals surface area contributed by atoms with Gasteiger partial charge in [0, 0.05) is 24.7 Å². The molecule has 2 saturated heterocycles. The molecular weight excluding hydrogens is 349 g/mol. The van der Waals surface area contributed by atoms with Crippen LogP contribution in [0.1, 0.15) is 28.9 Å². The number of ether oxygens (including phenoxy) is 2. The van der Waals surface area contributed by atoms with Crippen LogP contribution in [-0.4, -0.2) is 52.7 Å². The van der Waals surface area contributed by atoms with Gasteiger partial charge in [0.25, 0.3) is 5.91 Å². The summed E-state index contributed by atoms with van der Waals surface area (Å²) in [6.07, 6.45) is 4.78. The second kappa shape index (κ2) is 7.23. The lowest BCUT2D eigenvalue weighted by molar-refractivity contribution is -0.119. The van der Waals surface area contributed by atoms with E-state index in [1.54, 1.807) is 17.2 Å². The fraction of sp³-hybridized carbons (Fsp3) is 0.450. The average molecular weight is 371 g/mol. The Bertz CT molecular complexity index is 821. The van der Waals surface area contributed by atoms with Crippen LogP contribution in [0.5, 0.6) is 5.88 Å². The molecule has 1 amide bonds. The monoisotopic (exact) mass is 371 g/mol. The summed E-state index contributed by atoms with van der Waals surface area (Å²) in [5.41, 5.74) is 1.17. The zero-order chi connectivity index (χ0) is 18.9. The molecule has 2 aromatic heterocycles. The van der Waals surface area contributed by atoms with Crippen molar-refractivity contribution >= 4 is 5.91 Å². The highest BCUT2D eigenvalue weighted by molar-refractivity contribution is 5.94. The van der Waals surface area contributed by atoms with Gasteiger partial charge in [0.2, 0.25) is 5.88 Å². The summed E-state index contributed by atoms with van der Waals surface area (Å²) >= 11 is 0. The highest BCUT2D eigenvalue weighted by Crippen LogP contribution is 2.42. The fourth-order valence-electron chi connectivity index (χ4n) is 3.84. The summed E-state index contributed by atoms with van der Waals surface area (Å²) in [7, 11) is 0. The molecule has 4 rings (SSSR count). The van der Waals surface area contributed by atoms with Crippen molar-refractivity contribution in [2.24, 2.45) is 5.92 Å². The Kier molecular flexibility index (Phi) is 4.78. The van der Waals surface area contributed by atoms with E-state index >= 15 is 0 Å². The van der Waals surface area contributed by atoms with Crippen molar-refractivity contribution in [1.82, 2.24) is 14.9 Å². The van der Waals surface area contributed by atoms with Gasteiger partial charge >= 0.3 is 0 Å². The molecule has 6 nitrogen and oxygen atoms in total. The van der Waals surface area contributed by atoms with Crippen molar-refractivity contribution in [3.63, 3.8) is 0 Å². The molecule has 0 aromatic carbocycles. The van der Waals surface area contributed by atoms with Crippen molar-refractivity contribution in [1.29, 1.82) is 0 Å². The Morgan fingerprint density at radius 2 is 2.22 bits per heavy atom. The lowest BCUT2D eigenvalue weighted by Crippen LogP contribution is -2.66. The van der Waals surface area contributed by atoms with Gasteiger partial charge in [-0.25, -0.2) is 9.37 Å². The van der Waals surface area contributed by atoms with E-state index in [1.807, 2.05) is 13.0 Å². The van der Waals surface area contributed by atoms with E-state index in [-0.39, 0.29) is 23.3 Å². The molecule has 2 aliphatic heterocycles. The molecule has 7 heteroatoms. The Labute approximate surface area is 157 Å². The van der Waals surface area contributed by atoms with Crippen LogP contribution in [0.2, 0.25) is 0 Å². The van der Waals surface area contributed by atoms with Gasteiger partial charge in [0.15, 0.2) is 5.82 Å². The third-order valence-corrected chi connectivity index (χ3v) is 5.39. The molecule has 0 bridgehead atoms. The van der Waals surface area contributed by atoms with Crippen molar-refractivity contribution in [2.75, 3.05) is 26.3 Å². The molecule has 27 heavy (non-hydrogen) atoms. The summed E-state index contributed by atoms with van der Waals surface area (Å²) < 4.78 is 25.1. The van der Waals surface area contributed by atoms with Gasteiger partial charge in [-0.05, 0) is 49.9 Å².